The van der Waals surface area contributed by atoms with E-state index in [4.69, 9.17) is 40.6 Å². The van der Waals surface area contributed by atoms with Gasteiger partial charge in [0.05, 0.1) is 14.9 Å². The predicted octanol–water partition coefficient (Wildman–Crippen LogP) is 3.13. The lowest BCUT2D eigenvalue weighted by molar-refractivity contribution is 0.598. The van der Waals surface area contributed by atoms with Crippen LogP contribution < -0.4 is 15.8 Å². The Balaban J connectivity index is 1.93. The topological polar surface area (TPSA) is 84.2 Å². The quantitative estimate of drug-likeness (QED) is 0.699. The van der Waals surface area contributed by atoms with E-state index in [0.29, 0.717) is 27.4 Å². The number of anilines is 1. The number of benzene rings is 2. The van der Waals surface area contributed by atoms with Gasteiger partial charge < -0.3 is 10.6 Å². The van der Waals surface area contributed by atoms with E-state index in [1.165, 1.54) is 12.1 Å². The molecule has 0 aliphatic rings. The van der Waals surface area contributed by atoms with Gasteiger partial charge in [-0.15, -0.1) is 0 Å². The molecule has 0 fully saturated rings. The third-order valence-electron chi connectivity index (χ3n) is 2.88. The molecule has 2 aromatic rings. The summed E-state index contributed by atoms with van der Waals surface area (Å²) in [6, 6.07) is 11.3. The highest BCUT2D eigenvalue weighted by atomic mass is 35.5. The zero-order valence-corrected chi connectivity index (χ0v) is 14.9. The first-order chi connectivity index (χ1) is 10.8. The van der Waals surface area contributed by atoms with Crippen LogP contribution in [0.2, 0.25) is 10.0 Å². The molecule has 9 heteroatoms. The van der Waals surface area contributed by atoms with Crippen molar-refractivity contribution in [3.05, 3.63) is 58.1 Å². The first-order valence-electron chi connectivity index (χ1n) is 6.37. The lowest BCUT2D eigenvalue weighted by Gasteiger charge is -2.11. The average Bonchev–Trinajstić information content (AvgIpc) is 2.48. The van der Waals surface area contributed by atoms with Gasteiger partial charge in [-0.2, -0.15) is 0 Å². The summed E-state index contributed by atoms with van der Waals surface area (Å²) in [7, 11) is -3.70. The lowest BCUT2D eigenvalue weighted by Crippen LogP contribution is -2.27. The van der Waals surface area contributed by atoms with Crippen LogP contribution in [-0.2, 0) is 16.6 Å². The van der Waals surface area contributed by atoms with E-state index in [1.54, 1.807) is 24.3 Å². The van der Waals surface area contributed by atoms with Gasteiger partial charge in [0.2, 0.25) is 10.0 Å². The number of thiocarbonyl (C=S) groups is 1. The molecule has 5 nitrogen and oxygen atoms in total. The molecule has 2 rings (SSSR count). The number of hydrogen-bond donors (Lipinski definition) is 3. The second-order valence-electron chi connectivity index (χ2n) is 4.63. The Morgan fingerprint density at radius 2 is 1.74 bits per heavy atom. The van der Waals surface area contributed by atoms with E-state index in [2.05, 4.69) is 10.6 Å². The Bertz CT molecular complexity index is 824. The molecule has 0 spiro atoms. The molecule has 122 valence electrons. The summed E-state index contributed by atoms with van der Waals surface area (Å²) >= 11 is 17.0. The van der Waals surface area contributed by atoms with Crippen molar-refractivity contribution in [3.8, 4) is 0 Å². The molecular weight excluding hydrogens is 377 g/mol. The summed E-state index contributed by atoms with van der Waals surface area (Å²) < 4.78 is 22.4. The molecule has 4 N–H and O–H groups in total. The van der Waals surface area contributed by atoms with Crippen molar-refractivity contribution in [2.75, 3.05) is 5.32 Å². The minimum atomic E-state index is -3.70. The molecule has 0 saturated carbocycles. The van der Waals surface area contributed by atoms with Crippen LogP contribution >= 0.6 is 35.4 Å². The zero-order valence-electron chi connectivity index (χ0n) is 11.7. The maximum Gasteiger partial charge on any atom is 0.238 e. The van der Waals surface area contributed by atoms with Gasteiger partial charge in [-0.05, 0) is 54.2 Å². The summed E-state index contributed by atoms with van der Waals surface area (Å²) in [6.45, 7) is 0.470. The van der Waals surface area contributed by atoms with Gasteiger partial charge in [0.1, 0.15) is 0 Å². The third kappa shape index (κ3) is 5.33. The van der Waals surface area contributed by atoms with Crippen molar-refractivity contribution in [2.24, 2.45) is 5.14 Å². The Morgan fingerprint density at radius 1 is 1.09 bits per heavy atom. The molecule has 0 aliphatic heterocycles. The standard InChI is InChI=1S/C14H13Cl2N3O2S2/c15-12-6-1-9(7-13(12)16)8-18-14(22)19-10-2-4-11(5-3-10)23(17,20)21/h1-7H,8H2,(H2,17,20,21)(H2,18,19,22). The van der Waals surface area contributed by atoms with Crippen molar-refractivity contribution in [2.45, 2.75) is 11.4 Å². The highest BCUT2D eigenvalue weighted by molar-refractivity contribution is 7.89. The van der Waals surface area contributed by atoms with Crippen LogP contribution in [0.1, 0.15) is 5.56 Å². The normalized spacial score (nSPS) is 11.1. The van der Waals surface area contributed by atoms with Gasteiger partial charge in [0.15, 0.2) is 5.11 Å². The first-order valence-corrected chi connectivity index (χ1v) is 9.08. The number of rotatable bonds is 4. The summed E-state index contributed by atoms with van der Waals surface area (Å²) in [5.41, 5.74) is 1.57. The zero-order chi connectivity index (χ0) is 17.0. The van der Waals surface area contributed by atoms with E-state index in [1.807, 2.05) is 6.07 Å². The fourth-order valence-corrected chi connectivity index (χ4v) is 2.76. The molecule has 23 heavy (non-hydrogen) atoms. The maximum atomic E-state index is 11.2. The van der Waals surface area contributed by atoms with Crippen LogP contribution in [0, 0.1) is 0 Å². The van der Waals surface area contributed by atoms with E-state index < -0.39 is 10.0 Å². The lowest BCUT2D eigenvalue weighted by atomic mass is 10.2. The predicted molar refractivity (Wildman–Crippen MR) is 97.3 cm³/mol. The van der Waals surface area contributed by atoms with Crippen molar-refractivity contribution in [1.29, 1.82) is 0 Å². The summed E-state index contributed by atoms with van der Waals surface area (Å²) in [4.78, 5) is 0.0396. The van der Waals surface area contributed by atoms with Crippen molar-refractivity contribution < 1.29 is 8.42 Å². The largest absolute Gasteiger partial charge is 0.358 e. The third-order valence-corrected chi connectivity index (χ3v) is 4.79. The number of nitrogens with one attached hydrogen (secondary N) is 2. The Morgan fingerprint density at radius 3 is 2.30 bits per heavy atom. The number of halogens is 2. The monoisotopic (exact) mass is 389 g/mol. The minimum Gasteiger partial charge on any atom is -0.358 e. The number of hydrogen-bond acceptors (Lipinski definition) is 3. The summed E-state index contributed by atoms with van der Waals surface area (Å²) in [5.74, 6) is 0. The molecule has 0 saturated heterocycles. The van der Waals surface area contributed by atoms with Crippen LogP contribution in [0.15, 0.2) is 47.4 Å². The number of sulfonamides is 1. The van der Waals surface area contributed by atoms with E-state index in [-0.39, 0.29) is 4.90 Å². The molecule has 0 aromatic heterocycles. The van der Waals surface area contributed by atoms with Gasteiger partial charge in [0, 0.05) is 12.2 Å². The Kier molecular flexibility index (Phi) is 5.83. The van der Waals surface area contributed by atoms with Crippen molar-refractivity contribution in [1.82, 2.24) is 5.32 Å². The van der Waals surface area contributed by atoms with Crippen LogP contribution in [0.4, 0.5) is 5.69 Å². The van der Waals surface area contributed by atoms with Crippen LogP contribution in [0.25, 0.3) is 0 Å². The van der Waals surface area contributed by atoms with E-state index in [9.17, 15) is 8.42 Å². The average molecular weight is 390 g/mol. The molecular formula is C14H13Cl2N3O2S2. The highest BCUT2D eigenvalue weighted by Crippen LogP contribution is 2.22. The minimum absolute atomic E-state index is 0.0396. The van der Waals surface area contributed by atoms with Gasteiger partial charge in [0.25, 0.3) is 0 Å². The smallest absolute Gasteiger partial charge is 0.238 e. The SMILES string of the molecule is NS(=O)(=O)c1ccc(NC(=S)NCc2ccc(Cl)c(Cl)c2)cc1. The van der Waals surface area contributed by atoms with E-state index in [0.717, 1.165) is 5.56 Å². The summed E-state index contributed by atoms with van der Waals surface area (Å²) in [6.07, 6.45) is 0. The molecule has 2 aromatic carbocycles. The van der Waals surface area contributed by atoms with Crippen LogP contribution in [0.5, 0.6) is 0 Å². The summed E-state index contributed by atoms with van der Waals surface area (Å²) in [5, 5.41) is 12.3. The Labute approximate surface area is 149 Å². The fourth-order valence-electron chi connectivity index (χ4n) is 1.74. The Hall–Kier alpha value is -1.38. The molecule has 0 radical (unpaired) electrons. The molecule has 0 bridgehead atoms. The fraction of sp³-hybridized carbons (Fsp3) is 0.0714. The van der Waals surface area contributed by atoms with Crippen LogP contribution in [0.3, 0.4) is 0 Å². The molecule has 0 heterocycles. The number of nitrogens with two attached hydrogens (primary N) is 1. The highest BCUT2D eigenvalue weighted by Gasteiger charge is 2.07. The van der Waals surface area contributed by atoms with Crippen molar-refractivity contribution >= 4 is 56.2 Å². The second-order valence-corrected chi connectivity index (χ2v) is 7.41. The van der Waals surface area contributed by atoms with Gasteiger partial charge >= 0.3 is 0 Å². The molecule has 0 unspecified atom stereocenters. The second kappa shape index (κ2) is 7.46. The van der Waals surface area contributed by atoms with E-state index >= 15 is 0 Å². The van der Waals surface area contributed by atoms with Crippen LogP contribution in [-0.4, -0.2) is 13.5 Å². The maximum absolute atomic E-state index is 11.2. The molecule has 0 atom stereocenters. The van der Waals surface area contributed by atoms with Gasteiger partial charge in [-0.25, -0.2) is 13.6 Å². The van der Waals surface area contributed by atoms with Gasteiger partial charge in [-0.1, -0.05) is 29.3 Å². The first kappa shape index (κ1) is 18.0. The van der Waals surface area contributed by atoms with Crippen molar-refractivity contribution in [3.63, 3.8) is 0 Å². The number of primary sulfonamides is 1. The molecule has 0 aliphatic carbocycles. The molecule has 0 amide bonds. The van der Waals surface area contributed by atoms with Gasteiger partial charge in [-0.3, -0.25) is 0 Å².